The fourth-order valence-electron chi connectivity index (χ4n) is 1.24. The number of hydrogen-bond donors (Lipinski definition) is 0. The lowest BCUT2D eigenvalue weighted by Crippen LogP contribution is -1.93. The Morgan fingerprint density at radius 2 is 2.40 bits per heavy atom. The molecule has 0 radical (unpaired) electrons. The summed E-state index contributed by atoms with van der Waals surface area (Å²) < 4.78 is 0. The van der Waals surface area contributed by atoms with E-state index in [1.54, 1.807) is 6.08 Å². The molecular formula is C9H12O. The topological polar surface area (TPSA) is 17.1 Å². The van der Waals surface area contributed by atoms with Gasteiger partial charge in [0.05, 0.1) is 0 Å². The van der Waals surface area contributed by atoms with Gasteiger partial charge in [0, 0.05) is 0 Å². The van der Waals surface area contributed by atoms with E-state index in [0.717, 1.165) is 12.7 Å². The zero-order valence-electron chi connectivity index (χ0n) is 6.26. The molecule has 0 fully saturated rings. The molecule has 0 aromatic rings. The van der Waals surface area contributed by atoms with Crippen LogP contribution < -0.4 is 0 Å². The second-order valence-electron chi connectivity index (χ2n) is 2.61. The van der Waals surface area contributed by atoms with E-state index < -0.39 is 0 Å². The van der Waals surface area contributed by atoms with E-state index in [2.05, 4.69) is 13.0 Å². The molecule has 0 aromatic heterocycles. The minimum atomic E-state index is 0.873. The third-order valence-electron chi connectivity index (χ3n) is 1.88. The van der Waals surface area contributed by atoms with Gasteiger partial charge in [-0.1, -0.05) is 11.6 Å². The molecule has 0 heterocycles. The van der Waals surface area contributed by atoms with Crippen LogP contribution in [-0.4, -0.2) is 6.29 Å². The summed E-state index contributed by atoms with van der Waals surface area (Å²) in [5, 5.41) is 0. The normalized spacial score (nSPS) is 22.5. The first-order valence-electron chi connectivity index (χ1n) is 3.66. The van der Waals surface area contributed by atoms with Crippen molar-refractivity contribution in [2.75, 3.05) is 0 Å². The second kappa shape index (κ2) is 3.35. The molecule has 0 N–H and O–H groups in total. The molecule has 0 aromatic carbocycles. The summed E-state index contributed by atoms with van der Waals surface area (Å²) in [6, 6.07) is 0. The Kier molecular flexibility index (Phi) is 2.43. The fourth-order valence-corrected chi connectivity index (χ4v) is 1.24. The summed E-state index contributed by atoms with van der Waals surface area (Å²) in [5.41, 5.74) is 2.49. The summed E-state index contributed by atoms with van der Waals surface area (Å²) in [6.07, 6.45) is 8.17. The summed E-state index contributed by atoms with van der Waals surface area (Å²) >= 11 is 0. The SMILES string of the molecule is CC1=CCCC/C1=C/C=O. The van der Waals surface area contributed by atoms with Crippen LogP contribution in [0.4, 0.5) is 0 Å². The maximum absolute atomic E-state index is 10.1. The van der Waals surface area contributed by atoms with Crippen LogP contribution in [0.1, 0.15) is 26.2 Å². The van der Waals surface area contributed by atoms with Gasteiger partial charge < -0.3 is 0 Å². The molecular weight excluding hydrogens is 124 g/mol. The molecule has 10 heavy (non-hydrogen) atoms. The number of allylic oxidation sites excluding steroid dienone is 4. The highest BCUT2D eigenvalue weighted by Crippen LogP contribution is 2.22. The monoisotopic (exact) mass is 136 g/mol. The zero-order chi connectivity index (χ0) is 7.40. The highest BCUT2D eigenvalue weighted by molar-refractivity contribution is 5.68. The van der Waals surface area contributed by atoms with Crippen LogP contribution in [0.3, 0.4) is 0 Å². The molecule has 0 unspecified atom stereocenters. The lowest BCUT2D eigenvalue weighted by atomic mass is 9.95. The highest BCUT2D eigenvalue weighted by Gasteiger charge is 2.03. The predicted octanol–water partition coefficient (Wildman–Crippen LogP) is 2.24. The van der Waals surface area contributed by atoms with Crippen molar-refractivity contribution in [2.24, 2.45) is 0 Å². The van der Waals surface area contributed by atoms with Gasteiger partial charge in [0.15, 0.2) is 0 Å². The van der Waals surface area contributed by atoms with Crippen LogP contribution in [0, 0.1) is 0 Å². The van der Waals surface area contributed by atoms with E-state index in [0.29, 0.717) is 0 Å². The average Bonchev–Trinajstić information content (AvgIpc) is 1.94. The first-order chi connectivity index (χ1) is 4.84. The van der Waals surface area contributed by atoms with Crippen molar-refractivity contribution in [1.29, 1.82) is 0 Å². The molecule has 1 aliphatic carbocycles. The minimum absolute atomic E-state index is 0.873. The fraction of sp³-hybridized carbons (Fsp3) is 0.444. The largest absolute Gasteiger partial charge is 0.299 e. The summed E-state index contributed by atoms with van der Waals surface area (Å²) in [4.78, 5) is 10.1. The van der Waals surface area contributed by atoms with Gasteiger partial charge in [-0.25, -0.2) is 0 Å². The minimum Gasteiger partial charge on any atom is -0.299 e. The molecule has 1 rings (SSSR count). The van der Waals surface area contributed by atoms with E-state index in [9.17, 15) is 4.79 Å². The van der Waals surface area contributed by atoms with E-state index in [4.69, 9.17) is 0 Å². The summed E-state index contributed by atoms with van der Waals surface area (Å²) in [5.74, 6) is 0. The standard InChI is InChI=1S/C9H12O/c1-8-4-2-3-5-9(8)6-7-10/h4,6-7H,2-3,5H2,1H3/b9-6-. The molecule has 0 aliphatic heterocycles. The Balaban J connectivity index is 2.76. The van der Waals surface area contributed by atoms with Gasteiger partial charge >= 0.3 is 0 Å². The third-order valence-corrected chi connectivity index (χ3v) is 1.88. The molecule has 1 nitrogen and oxygen atoms in total. The molecule has 1 heteroatoms. The van der Waals surface area contributed by atoms with Crippen molar-refractivity contribution in [2.45, 2.75) is 26.2 Å². The predicted molar refractivity (Wildman–Crippen MR) is 41.8 cm³/mol. The Bertz CT molecular complexity index is 187. The van der Waals surface area contributed by atoms with Gasteiger partial charge in [-0.3, -0.25) is 4.79 Å². The Hall–Kier alpha value is -0.850. The zero-order valence-corrected chi connectivity index (χ0v) is 6.26. The van der Waals surface area contributed by atoms with Crippen molar-refractivity contribution in [3.8, 4) is 0 Å². The van der Waals surface area contributed by atoms with E-state index >= 15 is 0 Å². The number of rotatable bonds is 1. The number of carbonyl (C=O) groups is 1. The van der Waals surface area contributed by atoms with Crippen LogP contribution in [-0.2, 0) is 4.79 Å². The lowest BCUT2D eigenvalue weighted by Gasteiger charge is -2.11. The molecule has 0 bridgehead atoms. The van der Waals surface area contributed by atoms with Crippen molar-refractivity contribution < 1.29 is 4.79 Å². The van der Waals surface area contributed by atoms with Crippen LogP contribution in [0.2, 0.25) is 0 Å². The van der Waals surface area contributed by atoms with Crippen LogP contribution in [0.25, 0.3) is 0 Å². The van der Waals surface area contributed by atoms with Crippen molar-refractivity contribution in [1.82, 2.24) is 0 Å². The van der Waals surface area contributed by atoms with E-state index in [1.807, 2.05) is 0 Å². The van der Waals surface area contributed by atoms with Gasteiger partial charge in [0.25, 0.3) is 0 Å². The molecule has 0 saturated heterocycles. The van der Waals surface area contributed by atoms with Crippen molar-refractivity contribution in [3.05, 3.63) is 23.3 Å². The average molecular weight is 136 g/mol. The molecule has 0 spiro atoms. The first kappa shape index (κ1) is 7.26. The molecule has 0 atom stereocenters. The molecule has 1 aliphatic rings. The quantitative estimate of drug-likeness (QED) is 0.399. The molecule has 54 valence electrons. The summed E-state index contributed by atoms with van der Waals surface area (Å²) in [7, 11) is 0. The van der Waals surface area contributed by atoms with Crippen LogP contribution in [0.5, 0.6) is 0 Å². The lowest BCUT2D eigenvalue weighted by molar-refractivity contribution is -0.104. The number of aldehydes is 1. The third kappa shape index (κ3) is 1.56. The number of hydrogen-bond acceptors (Lipinski definition) is 1. The van der Waals surface area contributed by atoms with E-state index in [-0.39, 0.29) is 0 Å². The van der Waals surface area contributed by atoms with Gasteiger partial charge in [-0.2, -0.15) is 0 Å². The van der Waals surface area contributed by atoms with Gasteiger partial charge in [0.2, 0.25) is 0 Å². The van der Waals surface area contributed by atoms with Crippen LogP contribution >= 0.6 is 0 Å². The van der Waals surface area contributed by atoms with E-state index in [1.165, 1.54) is 24.0 Å². The second-order valence-corrected chi connectivity index (χ2v) is 2.61. The smallest absolute Gasteiger partial charge is 0.143 e. The maximum atomic E-state index is 10.1. The maximum Gasteiger partial charge on any atom is 0.143 e. The number of carbonyl (C=O) groups excluding carboxylic acids is 1. The van der Waals surface area contributed by atoms with Gasteiger partial charge in [-0.05, 0) is 37.8 Å². The first-order valence-corrected chi connectivity index (χ1v) is 3.66. The molecule has 0 amide bonds. The van der Waals surface area contributed by atoms with Crippen LogP contribution in [0.15, 0.2) is 23.3 Å². The van der Waals surface area contributed by atoms with Gasteiger partial charge in [-0.15, -0.1) is 0 Å². The summed E-state index contributed by atoms with van der Waals surface area (Å²) in [6.45, 7) is 2.06. The Labute approximate surface area is 61.4 Å². The Morgan fingerprint density at radius 3 is 3.00 bits per heavy atom. The molecule has 0 saturated carbocycles. The Morgan fingerprint density at radius 1 is 1.60 bits per heavy atom. The highest BCUT2D eigenvalue weighted by atomic mass is 16.1. The van der Waals surface area contributed by atoms with Crippen molar-refractivity contribution >= 4 is 6.29 Å². The van der Waals surface area contributed by atoms with Crippen molar-refractivity contribution in [3.63, 3.8) is 0 Å². The van der Waals surface area contributed by atoms with Gasteiger partial charge in [0.1, 0.15) is 6.29 Å².